The Labute approximate surface area is 113 Å². The maximum Gasteiger partial charge on any atom is 0.300 e. The first-order valence-electron chi connectivity index (χ1n) is 4.81. The number of benzene rings is 1. The van der Waals surface area contributed by atoms with Crippen molar-refractivity contribution in [3.05, 3.63) is 27.7 Å². The standard InChI is InChI=1S/C10H13BrClO2PS/c1-3-6-16-15(2,13)14-10-5-4-8(11)7-9(10)12/h4-5,7H,3,6H2,1-2H3. The van der Waals surface area contributed by atoms with Crippen LogP contribution in [-0.4, -0.2) is 12.4 Å². The topological polar surface area (TPSA) is 26.3 Å². The number of rotatable bonds is 5. The predicted molar refractivity (Wildman–Crippen MR) is 76.1 cm³/mol. The summed E-state index contributed by atoms with van der Waals surface area (Å²) >= 11 is 10.6. The van der Waals surface area contributed by atoms with Crippen molar-refractivity contribution >= 4 is 45.5 Å². The fraction of sp³-hybridized carbons (Fsp3) is 0.400. The maximum atomic E-state index is 12.0. The molecule has 0 aliphatic heterocycles. The van der Waals surface area contributed by atoms with Gasteiger partial charge < -0.3 is 4.52 Å². The summed E-state index contributed by atoms with van der Waals surface area (Å²) in [6.45, 7) is 1.00. The van der Waals surface area contributed by atoms with Crippen molar-refractivity contribution in [1.82, 2.24) is 0 Å². The molecule has 0 aromatic heterocycles. The van der Waals surface area contributed by atoms with E-state index < -0.39 is 6.57 Å². The molecule has 1 aromatic carbocycles. The van der Waals surface area contributed by atoms with Gasteiger partial charge in [0.15, 0.2) is 0 Å². The molecule has 1 aromatic rings. The minimum absolute atomic E-state index is 0.466. The van der Waals surface area contributed by atoms with Gasteiger partial charge in [-0.2, -0.15) is 0 Å². The molecule has 90 valence electrons. The van der Waals surface area contributed by atoms with Crippen LogP contribution in [0.3, 0.4) is 0 Å². The Bertz CT molecular complexity index is 414. The van der Waals surface area contributed by atoms with Crippen molar-refractivity contribution in [2.75, 3.05) is 12.4 Å². The van der Waals surface area contributed by atoms with Crippen LogP contribution in [0.4, 0.5) is 0 Å². The van der Waals surface area contributed by atoms with Crippen molar-refractivity contribution in [3.63, 3.8) is 0 Å². The van der Waals surface area contributed by atoms with E-state index in [4.69, 9.17) is 16.1 Å². The van der Waals surface area contributed by atoms with Crippen LogP contribution >= 0.6 is 45.5 Å². The molecule has 0 bridgehead atoms. The van der Waals surface area contributed by atoms with Crippen LogP contribution in [0.15, 0.2) is 22.7 Å². The van der Waals surface area contributed by atoms with Gasteiger partial charge >= 0.3 is 0 Å². The maximum absolute atomic E-state index is 12.0. The summed E-state index contributed by atoms with van der Waals surface area (Å²) in [7, 11) is 0. The van der Waals surface area contributed by atoms with Crippen molar-refractivity contribution in [2.24, 2.45) is 0 Å². The van der Waals surface area contributed by atoms with Gasteiger partial charge in [0.05, 0.1) is 5.02 Å². The highest BCUT2D eigenvalue weighted by Crippen LogP contribution is 2.56. The Morgan fingerprint density at radius 2 is 2.25 bits per heavy atom. The average Bonchev–Trinajstić information content (AvgIpc) is 2.19. The van der Waals surface area contributed by atoms with E-state index in [1.807, 2.05) is 13.0 Å². The Hall–Kier alpha value is 0.370. The highest BCUT2D eigenvalue weighted by molar-refractivity contribution is 9.10. The molecule has 0 fully saturated rings. The summed E-state index contributed by atoms with van der Waals surface area (Å²) in [4.78, 5) is 0. The summed E-state index contributed by atoms with van der Waals surface area (Å²) < 4.78 is 18.4. The van der Waals surface area contributed by atoms with E-state index in [1.54, 1.807) is 18.8 Å². The SMILES string of the molecule is CCCSP(C)(=O)Oc1ccc(Br)cc1Cl. The Kier molecular flexibility index (Phi) is 5.72. The van der Waals surface area contributed by atoms with Crippen LogP contribution in [-0.2, 0) is 4.57 Å². The van der Waals surface area contributed by atoms with Crippen molar-refractivity contribution in [1.29, 1.82) is 0 Å². The number of hydrogen-bond donors (Lipinski definition) is 0. The zero-order valence-electron chi connectivity index (χ0n) is 9.07. The molecule has 16 heavy (non-hydrogen) atoms. The molecule has 0 aliphatic carbocycles. The molecule has 0 heterocycles. The van der Waals surface area contributed by atoms with E-state index in [0.29, 0.717) is 10.8 Å². The van der Waals surface area contributed by atoms with Crippen LogP contribution < -0.4 is 4.52 Å². The van der Waals surface area contributed by atoms with E-state index in [0.717, 1.165) is 16.6 Å². The molecule has 0 spiro atoms. The molecule has 0 radical (unpaired) electrons. The van der Waals surface area contributed by atoms with Crippen LogP contribution in [0.5, 0.6) is 5.75 Å². The van der Waals surface area contributed by atoms with Gasteiger partial charge in [-0.15, -0.1) is 0 Å². The molecule has 2 nitrogen and oxygen atoms in total. The first kappa shape index (κ1) is 14.4. The molecule has 0 saturated heterocycles. The first-order chi connectivity index (χ1) is 7.44. The van der Waals surface area contributed by atoms with E-state index in [-0.39, 0.29) is 0 Å². The lowest BCUT2D eigenvalue weighted by atomic mass is 10.3. The number of hydrogen-bond acceptors (Lipinski definition) is 3. The molecule has 6 heteroatoms. The minimum Gasteiger partial charge on any atom is -0.435 e. The highest BCUT2D eigenvalue weighted by Gasteiger charge is 2.19. The zero-order valence-corrected chi connectivity index (χ0v) is 13.1. The largest absolute Gasteiger partial charge is 0.435 e. The van der Waals surface area contributed by atoms with E-state index >= 15 is 0 Å². The molecule has 0 amide bonds. The second-order valence-corrected chi connectivity index (χ2v) is 9.75. The predicted octanol–water partition coefficient (Wildman–Crippen LogP) is 5.45. The van der Waals surface area contributed by atoms with Gasteiger partial charge in [0, 0.05) is 16.9 Å². The Morgan fingerprint density at radius 3 is 2.81 bits per heavy atom. The summed E-state index contributed by atoms with van der Waals surface area (Å²) in [5, 5.41) is 0.466. The van der Waals surface area contributed by atoms with Gasteiger partial charge in [-0.25, -0.2) is 0 Å². The third-order valence-corrected chi connectivity index (χ3v) is 6.24. The van der Waals surface area contributed by atoms with Crippen LogP contribution in [0.25, 0.3) is 0 Å². The van der Waals surface area contributed by atoms with Gasteiger partial charge in [-0.05, 0) is 24.6 Å². The van der Waals surface area contributed by atoms with Gasteiger partial charge in [0.2, 0.25) is 0 Å². The second-order valence-electron chi connectivity index (χ2n) is 3.27. The van der Waals surface area contributed by atoms with Gasteiger partial charge in [-0.3, -0.25) is 4.57 Å². The van der Waals surface area contributed by atoms with E-state index in [2.05, 4.69) is 15.9 Å². The number of halogens is 2. The molecule has 1 atom stereocenters. The summed E-state index contributed by atoms with van der Waals surface area (Å²) in [6, 6.07) is 5.25. The first-order valence-corrected chi connectivity index (χ1v) is 9.64. The van der Waals surface area contributed by atoms with E-state index in [9.17, 15) is 4.57 Å². The summed E-state index contributed by atoms with van der Waals surface area (Å²) in [6.07, 6.45) is 0.972. The second kappa shape index (κ2) is 6.34. The third-order valence-electron chi connectivity index (χ3n) is 1.69. The molecular formula is C10H13BrClO2PS. The monoisotopic (exact) mass is 342 g/mol. The lowest BCUT2D eigenvalue weighted by molar-refractivity contribution is 0.505. The lowest BCUT2D eigenvalue weighted by Crippen LogP contribution is -1.90. The Balaban J connectivity index is 2.76. The van der Waals surface area contributed by atoms with Crippen LogP contribution in [0, 0.1) is 0 Å². The van der Waals surface area contributed by atoms with Gasteiger partial charge in [-0.1, -0.05) is 45.8 Å². The van der Waals surface area contributed by atoms with Crippen molar-refractivity contribution in [3.8, 4) is 5.75 Å². The molecule has 0 aliphatic rings. The summed E-state index contributed by atoms with van der Waals surface area (Å²) in [5.41, 5.74) is 0. The fourth-order valence-corrected chi connectivity index (χ4v) is 4.80. The fourth-order valence-electron chi connectivity index (χ4n) is 1.01. The lowest BCUT2D eigenvalue weighted by Gasteiger charge is -2.15. The van der Waals surface area contributed by atoms with Crippen molar-refractivity contribution < 1.29 is 9.09 Å². The van der Waals surface area contributed by atoms with Gasteiger partial charge in [0.25, 0.3) is 6.57 Å². The van der Waals surface area contributed by atoms with E-state index in [1.165, 1.54) is 11.4 Å². The van der Waals surface area contributed by atoms with Crippen LogP contribution in [0.2, 0.25) is 5.02 Å². The molecule has 0 saturated carbocycles. The zero-order chi connectivity index (χ0) is 12.2. The highest BCUT2D eigenvalue weighted by atomic mass is 79.9. The smallest absolute Gasteiger partial charge is 0.300 e. The average molecular weight is 344 g/mol. The molecule has 0 N–H and O–H groups in total. The molecule has 1 rings (SSSR count). The third kappa shape index (κ3) is 4.70. The normalized spacial score (nSPS) is 14.5. The molecular weight excluding hydrogens is 331 g/mol. The summed E-state index contributed by atoms with van der Waals surface area (Å²) in [5.74, 6) is 1.29. The minimum atomic E-state index is -2.66. The molecule has 1 unspecified atom stereocenters. The van der Waals surface area contributed by atoms with Gasteiger partial charge in [0.1, 0.15) is 5.75 Å². The van der Waals surface area contributed by atoms with Crippen molar-refractivity contribution in [2.45, 2.75) is 13.3 Å². The Morgan fingerprint density at radius 1 is 1.56 bits per heavy atom. The van der Waals surface area contributed by atoms with Crippen LogP contribution in [0.1, 0.15) is 13.3 Å². The quantitative estimate of drug-likeness (QED) is 0.665.